The van der Waals surface area contributed by atoms with Crippen molar-refractivity contribution in [2.24, 2.45) is 0 Å². The molecule has 0 unspecified atom stereocenters. The van der Waals surface area contributed by atoms with Crippen LogP contribution in [0.15, 0.2) is 0 Å². The fourth-order valence-corrected chi connectivity index (χ4v) is 0. The van der Waals surface area contributed by atoms with E-state index in [0.29, 0.717) is 0 Å². The predicted molar refractivity (Wildman–Crippen MR) is 31.7 cm³/mol. The Balaban J connectivity index is -0.00000000500. The molecule has 0 heterocycles. The second kappa shape index (κ2) is 24.7. The van der Waals surface area contributed by atoms with Crippen molar-refractivity contribution < 1.29 is 0 Å². The molecule has 1 nitrogen and oxygen atoms in total. The fraction of sp³-hybridized carbons (Fsp3) is 1.00. The van der Waals surface area contributed by atoms with Gasteiger partial charge in [-0.25, -0.2) is 0 Å². The third-order valence-electron chi connectivity index (χ3n) is 0. The third-order valence-corrected chi connectivity index (χ3v) is 0. The van der Waals surface area contributed by atoms with Gasteiger partial charge in [0.1, 0.15) is 0 Å². The summed E-state index contributed by atoms with van der Waals surface area (Å²) in [4.78, 5) is 1.97. The molecule has 22 valence electrons. The molecule has 0 saturated heterocycles. The summed E-state index contributed by atoms with van der Waals surface area (Å²) in [7, 11) is 0. The van der Waals surface area contributed by atoms with Gasteiger partial charge in [-0.05, 0) is 4.93 Å². The first kappa shape index (κ1) is 17.9. The zero-order valence-corrected chi connectivity index (χ0v) is 7.89. The zero-order valence-electron chi connectivity index (χ0n) is 2.88. The van der Waals surface area contributed by atoms with Crippen LogP contribution in [0.4, 0.5) is 0 Å². The Morgan fingerprint density at radius 2 is 1.25 bits per heavy atom. The molecule has 0 spiro atoms. The van der Waals surface area contributed by atoms with Gasteiger partial charge in [-0.2, -0.15) is 0 Å². The van der Waals surface area contributed by atoms with Gasteiger partial charge in [-0.15, -0.1) is 0 Å². The Morgan fingerprint density at radius 3 is 1.25 bits per heavy atom. The van der Waals surface area contributed by atoms with Crippen molar-refractivity contribution >= 4 is 46.5 Å². The summed E-state index contributed by atoms with van der Waals surface area (Å²) in [5.41, 5.74) is 0. The Bertz CT molecular complexity index is 8.00. The maximum absolute atomic E-state index is 2.15. The van der Waals surface area contributed by atoms with E-state index in [2.05, 4.69) is 22.6 Å². The summed E-state index contributed by atoms with van der Waals surface area (Å²) in [6.07, 6.45) is 0. The van der Waals surface area contributed by atoms with Gasteiger partial charge in [0, 0.05) is 0 Å². The molecular formula is CH7INSn+5. The molecule has 0 saturated carbocycles. The van der Waals surface area contributed by atoms with Gasteiger partial charge in [0.25, 0.3) is 0 Å². The average molecular weight is 279 g/mol. The third kappa shape index (κ3) is 9.75. The minimum Gasteiger partial charge on any atom is -0.369 e. The summed E-state index contributed by atoms with van der Waals surface area (Å²) in [5, 5.41) is 0. The second-order valence-electron chi connectivity index (χ2n) is 0. The van der Waals surface area contributed by atoms with E-state index in [1.165, 1.54) is 0 Å². The zero-order chi connectivity index (χ0) is 2.00. The normalized spacial score (nSPS) is 1.50. The molecule has 0 amide bonds. The van der Waals surface area contributed by atoms with Gasteiger partial charge < -0.3 is 6.15 Å². The Morgan fingerprint density at radius 1 is 1.25 bits per heavy atom. The topological polar surface area (TPSA) is 36.5 Å². The number of hydrogen-bond donors (Lipinski definition) is 1. The number of quaternary nitrogens is 1. The van der Waals surface area contributed by atoms with Crippen molar-refractivity contribution in [1.82, 2.24) is 6.15 Å². The molecule has 0 fully saturated rings. The molecule has 0 rings (SSSR count). The van der Waals surface area contributed by atoms with Gasteiger partial charge in [-0.3, -0.25) is 0 Å². The van der Waals surface area contributed by atoms with E-state index in [1.807, 2.05) is 4.93 Å². The van der Waals surface area contributed by atoms with E-state index in [9.17, 15) is 0 Å². The Kier molecular flexibility index (Phi) is 110. The molecule has 0 aliphatic rings. The van der Waals surface area contributed by atoms with Crippen molar-refractivity contribution in [2.45, 2.75) is 0 Å². The molecule has 0 radical (unpaired) electrons. The molecule has 0 aliphatic heterocycles. The first-order valence-corrected chi connectivity index (χ1v) is 2.54. The smallest absolute Gasteiger partial charge is 0.369 e. The van der Waals surface area contributed by atoms with Crippen LogP contribution in [0.25, 0.3) is 0 Å². The number of halogens is 1. The molecule has 0 aromatic rings. The summed E-state index contributed by atoms with van der Waals surface area (Å²) >= 11 is 2.15. The molecule has 0 aromatic carbocycles. The number of alkyl halides is 1. The molecule has 4 N–H and O–H groups in total. The van der Waals surface area contributed by atoms with Crippen LogP contribution in [0.3, 0.4) is 0 Å². The maximum Gasteiger partial charge on any atom is 4.00 e. The average Bonchev–Trinajstić information content (AvgIpc) is 1.00. The van der Waals surface area contributed by atoms with Gasteiger partial charge in [0.15, 0.2) is 0 Å². The van der Waals surface area contributed by atoms with Crippen LogP contribution in [0.2, 0.25) is 0 Å². The number of hydrogen-bond acceptors (Lipinski definition) is 0. The quantitative estimate of drug-likeness (QED) is 0.391. The minimum atomic E-state index is 0. The van der Waals surface area contributed by atoms with Crippen LogP contribution < -0.4 is 6.15 Å². The van der Waals surface area contributed by atoms with Crippen LogP contribution in [-0.2, 0) is 0 Å². The molecule has 3 heteroatoms. The van der Waals surface area contributed by atoms with E-state index < -0.39 is 0 Å². The van der Waals surface area contributed by atoms with Crippen LogP contribution >= 0.6 is 22.6 Å². The SMILES string of the molecule is CI.[NH4+].[Sn+4]. The van der Waals surface area contributed by atoms with Crippen LogP contribution in [0, 0.1) is 0 Å². The standard InChI is InChI=1S/CH3I.H3N.Sn/c1-2;;/h1H3;1H3;/q;;+4/p+1. The largest absolute Gasteiger partial charge is 4.00 e. The van der Waals surface area contributed by atoms with Crippen LogP contribution in [0.1, 0.15) is 0 Å². The molecule has 0 aliphatic carbocycles. The predicted octanol–water partition coefficient (Wildman–Crippen LogP) is 1.05. The Labute approximate surface area is 57.2 Å². The van der Waals surface area contributed by atoms with Crippen LogP contribution in [-0.4, -0.2) is 28.8 Å². The van der Waals surface area contributed by atoms with Crippen LogP contribution in [0.5, 0.6) is 0 Å². The monoisotopic (exact) mass is 280 g/mol. The van der Waals surface area contributed by atoms with E-state index in [1.54, 1.807) is 0 Å². The van der Waals surface area contributed by atoms with E-state index in [0.717, 1.165) is 0 Å². The molecule has 4 heavy (non-hydrogen) atoms. The summed E-state index contributed by atoms with van der Waals surface area (Å²) in [6.45, 7) is 0. The fourth-order valence-electron chi connectivity index (χ4n) is 0. The molecule has 0 bridgehead atoms. The first-order valence-electron chi connectivity index (χ1n) is 0.378. The van der Waals surface area contributed by atoms with Crippen molar-refractivity contribution in [3.05, 3.63) is 0 Å². The summed E-state index contributed by atoms with van der Waals surface area (Å²) in [6, 6.07) is 0. The maximum atomic E-state index is 2.15. The number of rotatable bonds is 0. The van der Waals surface area contributed by atoms with E-state index in [4.69, 9.17) is 0 Å². The van der Waals surface area contributed by atoms with Crippen molar-refractivity contribution in [3.8, 4) is 0 Å². The molecule has 0 aromatic heterocycles. The minimum absolute atomic E-state index is 0. The second-order valence-corrected chi connectivity index (χ2v) is 0. The Hall–Kier alpha value is 1.49. The van der Waals surface area contributed by atoms with E-state index >= 15 is 0 Å². The van der Waals surface area contributed by atoms with Gasteiger partial charge >= 0.3 is 23.9 Å². The molecule has 0 atom stereocenters. The van der Waals surface area contributed by atoms with Crippen molar-refractivity contribution in [3.63, 3.8) is 0 Å². The van der Waals surface area contributed by atoms with E-state index in [-0.39, 0.29) is 30.1 Å². The first-order chi connectivity index (χ1) is 1.00. The van der Waals surface area contributed by atoms with Gasteiger partial charge in [0.05, 0.1) is 0 Å². The summed E-state index contributed by atoms with van der Waals surface area (Å²) in [5.74, 6) is 0. The van der Waals surface area contributed by atoms with Crippen molar-refractivity contribution in [2.75, 3.05) is 4.93 Å². The summed E-state index contributed by atoms with van der Waals surface area (Å²) < 4.78 is 0. The van der Waals surface area contributed by atoms with Crippen molar-refractivity contribution in [1.29, 1.82) is 0 Å². The van der Waals surface area contributed by atoms with Gasteiger partial charge in [0.2, 0.25) is 0 Å². The van der Waals surface area contributed by atoms with Gasteiger partial charge in [-0.1, -0.05) is 22.6 Å². The molecular weight excluding hydrogens is 272 g/mol.